The summed E-state index contributed by atoms with van der Waals surface area (Å²) in [5, 5.41) is 10.9. The summed E-state index contributed by atoms with van der Waals surface area (Å²) >= 11 is 0. The van der Waals surface area contributed by atoms with Crippen molar-refractivity contribution in [3.63, 3.8) is 0 Å². The normalized spacial score (nSPS) is 13.9. The van der Waals surface area contributed by atoms with E-state index in [4.69, 9.17) is 9.47 Å². The van der Waals surface area contributed by atoms with Crippen LogP contribution in [-0.2, 0) is 0 Å². The zero-order valence-electron chi connectivity index (χ0n) is 13.2. The second-order valence-corrected chi connectivity index (χ2v) is 4.98. The molecule has 1 saturated heterocycles. The Kier molecular flexibility index (Phi) is 4.65. The largest absolute Gasteiger partial charge is 0.480 e. The zero-order chi connectivity index (χ0) is 16.1. The molecule has 9 heteroatoms. The molecule has 0 atom stereocenters. The van der Waals surface area contributed by atoms with E-state index in [-0.39, 0.29) is 6.01 Å². The maximum atomic E-state index is 5.61. The first-order valence-electron chi connectivity index (χ1n) is 7.59. The van der Waals surface area contributed by atoms with Gasteiger partial charge in [0.2, 0.25) is 23.7 Å². The van der Waals surface area contributed by atoms with Gasteiger partial charge in [-0.3, -0.25) is 0 Å². The van der Waals surface area contributed by atoms with Gasteiger partial charge < -0.3 is 19.7 Å². The van der Waals surface area contributed by atoms with Crippen LogP contribution in [0.25, 0.3) is 0 Å². The highest BCUT2D eigenvalue weighted by Crippen LogP contribution is 2.22. The minimum absolute atomic E-state index is 0.192. The highest BCUT2D eigenvalue weighted by molar-refractivity contribution is 5.39. The molecular formula is C14H19N7O2. The number of nitrogens with one attached hydrogen (secondary N) is 1. The Hall–Kier alpha value is -2.71. The minimum atomic E-state index is 0.192. The van der Waals surface area contributed by atoms with Crippen LogP contribution in [-0.4, -0.2) is 51.9 Å². The highest BCUT2D eigenvalue weighted by Gasteiger charge is 2.18. The second-order valence-electron chi connectivity index (χ2n) is 4.98. The van der Waals surface area contributed by atoms with E-state index in [0.29, 0.717) is 30.2 Å². The SMILES string of the molecule is CCNc1nc(Oc2ccc(OC)nn2)nc(N2CCCC2)n1. The minimum Gasteiger partial charge on any atom is -0.480 e. The first kappa shape index (κ1) is 15.2. The summed E-state index contributed by atoms with van der Waals surface area (Å²) in [6.45, 7) is 4.58. The van der Waals surface area contributed by atoms with Crippen molar-refractivity contribution in [2.45, 2.75) is 19.8 Å². The van der Waals surface area contributed by atoms with Crippen LogP contribution < -0.4 is 19.7 Å². The van der Waals surface area contributed by atoms with Gasteiger partial charge in [-0.2, -0.15) is 15.0 Å². The molecule has 0 saturated carbocycles. The Bertz CT molecular complexity index is 644. The fraction of sp³-hybridized carbons (Fsp3) is 0.500. The molecule has 3 rings (SSSR count). The monoisotopic (exact) mass is 317 g/mol. The molecule has 1 fully saturated rings. The van der Waals surface area contributed by atoms with Gasteiger partial charge in [0.25, 0.3) is 0 Å². The molecule has 2 aromatic heterocycles. The van der Waals surface area contributed by atoms with Crippen molar-refractivity contribution in [3.8, 4) is 17.8 Å². The number of methoxy groups -OCH3 is 1. The third-order valence-electron chi connectivity index (χ3n) is 3.35. The van der Waals surface area contributed by atoms with Gasteiger partial charge in [-0.05, 0) is 19.8 Å². The summed E-state index contributed by atoms with van der Waals surface area (Å²) in [6, 6.07) is 3.51. The molecule has 0 unspecified atom stereocenters. The number of hydrogen-bond donors (Lipinski definition) is 1. The standard InChI is InChI=1S/C14H19N7O2/c1-3-15-12-16-13(21-8-4-5-9-21)18-14(17-12)23-11-7-6-10(22-2)19-20-11/h6-7H,3-5,8-9H2,1-2H3,(H,15,16,17,18). The first-order valence-corrected chi connectivity index (χ1v) is 7.59. The van der Waals surface area contributed by atoms with Gasteiger partial charge in [0.15, 0.2) is 0 Å². The number of nitrogens with zero attached hydrogens (tertiary/aromatic N) is 6. The van der Waals surface area contributed by atoms with E-state index in [9.17, 15) is 0 Å². The van der Waals surface area contributed by atoms with Gasteiger partial charge in [0.1, 0.15) is 0 Å². The molecule has 0 spiro atoms. The van der Waals surface area contributed by atoms with Gasteiger partial charge in [0, 0.05) is 31.8 Å². The van der Waals surface area contributed by atoms with Crippen molar-refractivity contribution in [1.29, 1.82) is 0 Å². The van der Waals surface area contributed by atoms with E-state index in [1.165, 1.54) is 7.11 Å². The van der Waals surface area contributed by atoms with Gasteiger partial charge in [-0.15, -0.1) is 10.2 Å². The first-order chi connectivity index (χ1) is 11.3. The summed E-state index contributed by atoms with van der Waals surface area (Å²) in [5.74, 6) is 1.82. The van der Waals surface area contributed by atoms with E-state index in [1.54, 1.807) is 12.1 Å². The Labute approximate surface area is 134 Å². The summed E-state index contributed by atoms with van der Waals surface area (Å²) in [5.41, 5.74) is 0. The van der Waals surface area contributed by atoms with Crippen LogP contribution in [0.2, 0.25) is 0 Å². The van der Waals surface area contributed by atoms with Crippen LogP contribution in [0.4, 0.5) is 11.9 Å². The van der Waals surface area contributed by atoms with E-state index < -0.39 is 0 Å². The Morgan fingerprint density at radius 2 is 1.83 bits per heavy atom. The maximum Gasteiger partial charge on any atom is 0.330 e. The molecule has 1 aliphatic rings. The van der Waals surface area contributed by atoms with Crippen LogP contribution in [0.3, 0.4) is 0 Å². The van der Waals surface area contributed by atoms with Crippen LogP contribution in [0.1, 0.15) is 19.8 Å². The maximum absolute atomic E-state index is 5.61. The van der Waals surface area contributed by atoms with Crippen molar-refractivity contribution in [3.05, 3.63) is 12.1 Å². The van der Waals surface area contributed by atoms with Gasteiger partial charge in [-0.25, -0.2) is 0 Å². The lowest BCUT2D eigenvalue weighted by Gasteiger charge is -2.16. The molecule has 1 aliphatic heterocycles. The smallest absolute Gasteiger partial charge is 0.330 e. The summed E-state index contributed by atoms with van der Waals surface area (Å²) < 4.78 is 10.6. The topological polar surface area (TPSA) is 98.2 Å². The lowest BCUT2D eigenvalue weighted by atomic mass is 10.4. The predicted octanol–water partition coefficient (Wildman–Crippen LogP) is 1.49. The molecule has 23 heavy (non-hydrogen) atoms. The van der Waals surface area contributed by atoms with Crippen molar-refractivity contribution >= 4 is 11.9 Å². The lowest BCUT2D eigenvalue weighted by Crippen LogP contribution is -2.21. The molecule has 9 nitrogen and oxygen atoms in total. The number of aromatic nitrogens is 5. The summed E-state index contributed by atoms with van der Waals surface area (Å²) in [4.78, 5) is 15.2. The Morgan fingerprint density at radius 3 is 2.48 bits per heavy atom. The molecule has 0 aromatic carbocycles. The lowest BCUT2D eigenvalue weighted by molar-refractivity contribution is 0.377. The average Bonchev–Trinajstić information content (AvgIpc) is 3.10. The molecule has 122 valence electrons. The van der Waals surface area contributed by atoms with Crippen molar-refractivity contribution in [2.24, 2.45) is 0 Å². The van der Waals surface area contributed by atoms with E-state index >= 15 is 0 Å². The third-order valence-corrected chi connectivity index (χ3v) is 3.35. The van der Waals surface area contributed by atoms with E-state index in [0.717, 1.165) is 25.9 Å². The number of rotatable bonds is 6. The molecule has 3 heterocycles. The van der Waals surface area contributed by atoms with Crippen LogP contribution >= 0.6 is 0 Å². The molecule has 0 radical (unpaired) electrons. The second kappa shape index (κ2) is 7.03. The quantitative estimate of drug-likeness (QED) is 0.849. The van der Waals surface area contributed by atoms with Crippen LogP contribution in [0, 0.1) is 0 Å². The zero-order valence-corrected chi connectivity index (χ0v) is 13.2. The van der Waals surface area contributed by atoms with Crippen molar-refractivity contribution in [2.75, 3.05) is 37.0 Å². The van der Waals surface area contributed by atoms with Gasteiger partial charge in [0.05, 0.1) is 7.11 Å². The van der Waals surface area contributed by atoms with Gasteiger partial charge in [-0.1, -0.05) is 0 Å². The van der Waals surface area contributed by atoms with Gasteiger partial charge >= 0.3 is 6.01 Å². The number of hydrogen-bond acceptors (Lipinski definition) is 9. The van der Waals surface area contributed by atoms with Crippen LogP contribution in [0.5, 0.6) is 17.8 Å². The van der Waals surface area contributed by atoms with E-state index in [1.807, 2.05) is 6.92 Å². The fourth-order valence-electron chi connectivity index (χ4n) is 2.25. The Morgan fingerprint density at radius 1 is 1.09 bits per heavy atom. The number of ether oxygens (including phenoxy) is 2. The highest BCUT2D eigenvalue weighted by atomic mass is 16.5. The molecule has 0 bridgehead atoms. The predicted molar refractivity (Wildman–Crippen MR) is 84.1 cm³/mol. The molecule has 0 aliphatic carbocycles. The van der Waals surface area contributed by atoms with Crippen molar-refractivity contribution in [1.82, 2.24) is 25.1 Å². The third kappa shape index (κ3) is 3.74. The molecule has 0 amide bonds. The fourth-order valence-corrected chi connectivity index (χ4v) is 2.25. The van der Waals surface area contributed by atoms with E-state index in [2.05, 4.69) is 35.4 Å². The molecular weight excluding hydrogens is 298 g/mol. The average molecular weight is 317 g/mol. The molecule has 1 N–H and O–H groups in total. The number of anilines is 2. The molecule has 2 aromatic rings. The Balaban J connectivity index is 1.83. The van der Waals surface area contributed by atoms with Crippen molar-refractivity contribution < 1.29 is 9.47 Å². The van der Waals surface area contributed by atoms with Crippen LogP contribution in [0.15, 0.2) is 12.1 Å². The summed E-state index contributed by atoms with van der Waals surface area (Å²) in [6.07, 6.45) is 2.28. The summed E-state index contributed by atoms with van der Waals surface area (Å²) in [7, 11) is 1.53.